The predicted molar refractivity (Wildman–Crippen MR) is 54.5 cm³/mol. The summed E-state index contributed by atoms with van der Waals surface area (Å²) in [6, 6.07) is 4.95. The van der Waals surface area contributed by atoms with Crippen LogP contribution >= 0.6 is 0 Å². The van der Waals surface area contributed by atoms with Crippen molar-refractivity contribution < 1.29 is 4.39 Å². The van der Waals surface area contributed by atoms with E-state index in [1.54, 1.807) is 16.8 Å². The maximum atomic E-state index is 13.3. The normalized spacial score (nSPS) is 11.4. The summed E-state index contributed by atoms with van der Waals surface area (Å²) in [6.45, 7) is 3.92. The van der Waals surface area contributed by atoms with Crippen LogP contribution in [0.5, 0.6) is 0 Å². The highest BCUT2D eigenvalue weighted by atomic mass is 19.1. The van der Waals surface area contributed by atoms with Crippen molar-refractivity contribution >= 4 is 16.7 Å². The van der Waals surface area contributed by atoms with Crippen LogP contribution in [0, 0.1) is 5.82 Å². The number of anilines is 1. The molecule has 0 atom stereocenters. The van der Waals surface area contributed by atoms with Crippen molar-refractivity contribution in [2.75, 3.05) is 5.73 Å². The molecule has 74 valence electrons. The minimum absolute atomic E-state index is 0.141. The first-order valence-electron chi connectivity index (χ1n) is 4.53. The molecule has 1 aromatic carbocycles. The van der Waals surface area contributed by atoms with E-state index >= 15 is 0 Å². The Morgan fingerprint density at radius 3 is 2.71 bits per heavy atom. The number of hydrogen-bond donors (Lipinski definition) is 1. The molecule has 4 heteroatoms. The van der Waals surface area contributed by atoms with E-state index in [0.29, 0.717) is 16.7 Å². The van der Waals surface area contributed by atoms with Crippen molar-refractivity contribution in [3.8, 4) is 0 Å². The summed E-state index contributed by atoms with van der Waals surface area (Å²) in [5, 5.41) is 4.81. The number of rotatable bonds is 1. The zero-order valence-electron chi connectivity index (χ0n) is 8.16. The standard InChI is InChI=1S/C10H12FN3/c1-6(2)14-10(12)7-4-3-5-8(11)9(7)13-14/h3-6H,12H2,1-2H3. The van der Waals surface area contributed by atoms with Gasteiger partial charge in [-0.2, -0.15) is 5.10 Å². The van der Waals surface area contributed by atoms with Crippen LogP contribution < -0.4 is 5.73 Å². The smallest absolute Gasteiger partial charge is 0.151 e. The van der Waals surface area contributed by atoms with Crippen molar-refractivity contribution in [1.29, 1.82) is 0 Å². The fourth-order valence-corrected chi connectivity index (χ4v) is 1.50. The van der Waals surface area contributed by atoms with Gasteiger partial charge in [-0.1, -0.05) is 6.07 Å². The van der Waals surface area contributed by atoms with Crippen molar-refractivity contribution in [3.63, 3.8) is 0 Å². The van der Waals surface area contributed by atoms with Gasteiger partial charge in [0.05, 0.1) is 0 Å². The van der Waals surface area contributed by atoms with Gasteiger partial charge in [0.15, 0.2) is 5.82 Å². The van der Waals surface area contributed by atoms with E-state index in [1.165, 1.54) is 6.07 Å². The molecule has 0 bridgehead atoms. The molecule has 0 aliphatic rings. The lowest BCUT2D eigenvalue weighted by Crippen LogP contribution is -2.06. The first kappa shape index (κ1) is 8.99. The zero-order chi connectivity index (χ0) is 10.3. The zero-order valence-corrected chi connectivity index (χ0v) is 8.16. The lowest BCUT2D eigenvalue weighted by Gasteiger charge is -2.06. The fourth-order valence-electron chi connectivity index (χ4n) is 1.50. The number of fused-ring (bicyclic) bond motifs is 1. The molecular formula is C10H12FN3. The number of nitrogen functional groups attached to an aromatic ring is 1. The third kappa shape index (κ3) is 1.14. The van der Waals surface area contributed by atoms with Gasteiger partial charge in [0.1, 0.15) is 11.3 Å². The first-order valence-corrected chi connectivity index (χ1v) is 4.53. The molecule has 0 saturated heterocycles. The molecule has 0 unspecified atom stereocenters. The molecule has 14 heavy (non-hydrogen) atoms. The van der Waals surface area contributed by atoms with Crippen LogP contribution in [-0.4, -0.2) is 9.78 Å². The second kappa shape index (κ2) is 2.97. The topological polar surface area (TPSA) is 43.8 Å². The summed E-state index contributed by atoms with van der Waals surface area (Å²) in [4.78, 5) is 0. The molecule has 0 aliphatic heterocycles. The van der Waals surface area contributed by atoms with Crippen molar-refractivity contribution in [2.24, 2.45) is 0 Å². The van der Waals surface area contributed by atoms with E-state index in [0.717, 1.165) is 0 Å². The minimum atomic E-state index is -0.325. The van der Waals surface area contributed by atoms with E-state index < -0.39 is 0 Å². The van der Waals surface area contributed by atoms with E-state index in [1.807, 2.05) is 13.8 Å². The summed E-state index contributed by atoms with van der Waals surface area (Å²) >= 11 is 0. The Bertz CT molecular complexity index is 473. The number of halogens is 1. The van der Waals surface area contributed by atoms with Crippen LogP contribution in [0.15, 0.2) is 18.2 Å². The Balaban J connectivity index is 2.80. The number of nitrogens with zero attached hydrogens (tertiary/aromatic N) is 2. The molecule has 0 spiro atoms. The van der Waals surface area contributed by atoms with Crippen molar-refractivity contribution in [1.82, 2.24) is 9.78 Å². The van der Waals surface area contributed by atoms with E-state index in [2.05, 4.69) is 5.10 Å². The van der Waals surface area contributed by atoms with Gasteiger partial charge < -0.3 is 5.73 Å². The minimum Gasteiger partial charge on any atom is -0.383 e. The van der Waals surface area contributed by atoms with Gasteiger partial charge in [0.25, 0.3) is 0 Å². The second-order valence-electron chi connectivity index (χ2n) is 3.56. The quantitative estimate of drug-likeness (QED) is 0.755. The van der Waals surface area contributed by atoms with Gasteiger partial charge in [0.2, 0.25) is 0 Å². The highest BCUT2D eigenvalue weighted by Crippen LogP contribution is 2.24. The molecule has 0 radical (unpaired) electrons. The van der Waals surface area contributed by atoms with Crippen LogP contribution in [-0.2, 0) is 0 Å². The van der Waals surface area contributed by atoms with E-state index in [4.69, 9.17) is 5.73 Å². The molecule has 0 aliphatic carbocycles. The Kier molecular flexibility index (Phi) is 1.91. The Hall–Kier alpha value is -1.58. The Morgan fingerprint density at radius 2 is 2.14 bits per heavy atom. The van der Waals surface area contributed by atoms with Crippen LogP contribution in [0.1, 0.15) is 19.9 Å². The maximum Gasteiger partial charge on any atom is 0.151 e. The largest absolute Gasteiger partial charge is 0.383 e. The third-order valence-corrected chi connectivity index (χ3v) is 2.21. The van der Waals surface area contributed by atoms with Gasteiger partial charge in [-0.15, -0.1) is 0 Å². The van der Waals surface area contributed by atoms with Gasteiger partial charge in [-0.3, -0.25) is 0 Å². The van der Waals surface area contributed by atoms with Gasteiger partial charge in [0, 0.05) is 11.4 Å². The maximum absolute atomic E-state index is 13.3. The van der Waals surface area contributed by atoms with E-state index in [9.17, 15) is 4.39 Å². The van der Waals surface area contributed by atoms with Crippen LogP contribution in [0.2, 0.25) is 0 Å². The lowest BCUT2D eigenvalue weighted by atomic mass is 10.2. The monoisotopic (exact) mass is 193 g/mol. The molecule has 2 aromatic rings. The van der Waals surface area contributed by atoms with Gasteiger partial charge in [-0.25, -0.2) is 9.07 Å². The lowest BCUT2D eigenvalue weighted by molar-refractivity contribution is 0.541. The third-order valence-electron chi connectivity index (χ3n) is 2.21. The van der Waals surface area contributed by atoms with Crippen molar-refractivity contribution in [2.45, 2.75) is 19.9 Å². The highest BCUT2D eigenvalue weighted by molar-refractivity contribution is 5.89. The molecule has 2 N–H and O–H groups in total. The number of aromatic nitrogens is 2. The average Bonchev–Trinajstić information content (AvgIpc) is 2.46. The van der Waals surface area contributed by atoms with Gasteiger partial charge in [-0.05, 0) is 26.0 Å². The van der Waals surface area contributed by atoms with E-state index in [-0.39, 0.29) is 11.9 Å². The second-order valence-corrected chi connectivity index (χ2v) is 3.56. The summed E-state index contributed by atoms with van der Waals surface area (Å²) < 4.78 is 14.9. The summed E-state index contributed by atoms with van der Waals surface area (Å²) in [5.41, 5.74) is 6.19. The molecule has 1 heterocycles. The average molecular weight is 193 g/mol. The molecule has 3 nitrogen and oxygen atoms in total. The van der Waals surface area contributed by atoms with Crippen LogP contribution in [0.3, 0.4) is 0 Å². The molecular weight excluding hydrogens is 181 g/mol. The fraction of sp³-hybridized carbons (Fsp3) is 0.300. The molecule has 1 aromatic heterocycles. The Labute approximate surface area is 81.3 Å². The predicted octanol–water partition coefficient (Wildman–Crippen LogP) is 2.34. The Morgan fingerprint density at radius 1 is 1.43 bits per heavy atom. The van der Waals surface area contributed by atoms with Crippen molar-refractivity contribution in [3.05, 3.63) is 24.0 Å². The SMILES string of the molecule is CC(C)n1nc2c(F)cccc2c1N. The summed E-state index contributed by atoms with van der Waals surface area (Å²) in [5.74, 6) is 0.197. The van der Waals surface area contributed by atoms with Crippen LogP contribution in [0.25, 0.3) is 10.9 Å². The summed E-state index contributed by atoms with van der Waals surface area (Å²) in [6.07, 6.45) is 0. The summed E-state index contributed by atoms with van der Waals surface area (Å²) in [7, 11) is 0. The number of benzene rings is 1. The van der Waals surface area contributed by atoms with Gasteiger partial charge >= 0.3 is 0 Å². The van der Waals surface area contributed by atoms with Crippen LogP contribution in [0.4, 0.5) is 10.2 Å². The number of hydrogen-bond acceptors (Lipinski definition) is 2. The highest BCUT2D eigenvalue weighted by Gasteiger charge is 2.12. The molecule has 0 fully saturated rings. The molecule has 0 saturated carbocycles. The molecule has 0 amide bonds. The number of nitrogens with two attached hydrogens (primary N) is 1. The first-order chi connectivity index (χ1) is 6.61. The molecule has 2 rings (SSSR count).